The predicted octanol–water partition coefficient (Wildman–Crippen LogP) is 4.47. The van der Waals surface area contributed by atoms with E-state index in [9.17, 15) is 14.4 Å². The largest absolute Gasteiger partial charge is 0.325 e. The number of thiazole rings is 1. The van der Waals surface area contributed by atoms with Gasteiger partial charge in [0.1, 0.15) is 12.1 Å². The van der Waals surface area contributed by atoms with Crippen molar-refractivity contribution in [3.63, 3.8) is 0 Å². The lowest BCUT2D eigenvalue weighted by Gasteiger charge is -2.43. The van der Waals surface area contributed by atoms with Crippen molar-refractivity contribution in [2.45, 2.75) is 45.6 Å². The molecule has 0 bridgehead atoms. The number of rotatable bonds is 6. The number of nitrogens with zero attached hydrogens (tertiary/aromatic N) is 3. The molecule has 1 spiro atoms. The second kappa shape index (κ2) is 8.74. The lowest BCUT2D eigenvalue weighted by Crippen LogP contribution is -2.54. The molecule has 33 heavy (non-hydrogen) atoms. The number of amides is 4. The molecule has 7 nitrogen and oxygen atoms in total. The van der Waals surface area contributed by atoms with E-state index in [4.69, 9.17) is 0 Å². The van der Waals surface area contributed by atoms with E-state index in [0.717, 1.165) is 22.6 Å². The molecule has 1 aromatic carbocycles. The molecule has 1 N–H and O–H groups in total. The van der Waals surface area contributed by atoms with Crippen LogP contribution in [0.5, 0.6) is 0 Å². The second-order valence-corrected chi connectivity index (χ2v) is 10.8. The third-order valence-corrected chi connectivity index (χ3v) is 7.19. The molecule has 4 rings (SSSR count). The fraction of sp³-hybridized carbons (Fsp3) is 0.440. The fourth-order valence-electron chi connectivity index (χ4n) is 5.42. The van der Waals surface area contributed by atoms with E-state index >= 15 is 0 Å². The zero-order valence-corrected chi connectivity index (χ0v) is 20.2. The van der Waals surface area contributed by atoms with Crippen LogP contribution in [0.2, 0.25) is 0 Å². The standard InChI is InChI=1S/C25H30N4O3S/c1-5-11-28(23-26-19(15-33-23)18-9-7-6-8-10-18)20(30)14-29-21(31)25(27-22(29)32)13-17(2)12-24(3,4)16-25/h5-10,15,17H,1,11-14,16H2,2-4H3,(H,27,32). The van der Waals surface area contributed by atoms with E-state index in [1.54, 1.807) is 6.08 Å². The van der Waals surface area contributed by atoms with Crippen molar-refractivity contribution < 1.29 is 14.4 Å². The number of carbonyl (C=O) groups excluding carboxylic acids is 3. The van der Waals surface area contributed by atoms with Crippen LogP contribution in [-0.2, 0) is 9.59 Å². The molecule has 4 amide bonds. The van der Waals surface area contributed by atoms with E-state index < -0.39 is 11.6 Å². The Hall–Kier alpha value is -3.00. The molecule has 8 heteroatoms. The lowest BCUT2D eigenvalue weighted by atomic mass is 9.64. The number of imide groups is 1. The van der Waals surface area contributed by atoms with Crippen molar-refractivity contribution in [1.29, 1.82) is 0 Å². The molecule has 0 radical (unpaired) electrons. The van der Waals surface area contributed by atoms with E-state index in [-0.39, 0.29) is 30.3 Å². The summed E-state index contributed by atoms with van der Waals surface area (Å²) < 4.78 is 0. The van der Waals surface area contributed by atoms with E-state index in [2.05, 4.69) is 37.7 Å². The van der Waals surface area contributed by atoms with E-state index in [1.165, 1.54) is 16.2 Å². The number of nitrogens with one attached hydrogen (secondary N) is 1. The molecule has 1 saturated carbocycles. The lowest BCUT2D eigenvalue weighted by molar-refractivity contribution is -0.137. The molecule has 1 aliphatic heterocycles. The minimum absolute atomic E-state index is 0.0652. The molecule has 174 valence electrons. The van der Waals surface area contributed by atoms with Gasteiger partial charge >= 0.3 is 6.03 Å². The van der Waals surface area contributed by atoms with Gasteiger partial charge in [-0.1, -0.05) is 57.2 Å². The summed E-state index contributed by atoms with van der Waals surface area (Å²) in [5, 5.41) is 5.33. The Balaban J connectivity index is 1.53. The van der Waals surface area contributed by atoms with Gasteiger partial charge in [-0.25, -0.2) is 9.78 Å². The van der Waals surface area contributed by atoms with Crippen LogP contribution >= 0.6 is 11.3 Å². The van der Waals surface area contributed by atoms with Crippen LogP contribution in [0.3, 0.4) is 0 Å². The summed E-state index contributed by atoms with van der Waals surface area (Å²) in [5.74, 6) is -0.367. The maximum Gasteiger partial charge on any atom is 0.325 e. The molecule has 2 aliphatic rings. The Bertz CT molecular complexity index is 1080. The Morgan fingerprint density at radius 1 is 1.30 bits per heavy atom. The zero-order valence-electron chi connectivity index (χ0n) is 19.3. The maximum atomic E-state index is 13.4. The molecule has 1 saturated heterocycles. The number of hydrogen-bond donors (Lipinski definition) is 1. The smallest absolute Gasteiger partial charge is 0.323 e. The van der Waals surface area contributed by atoms with Crippen LogP contribution in [0.4, 0.5) is 9.93 Å². The van der Waals surface area contributed by atoms with Crippen molar-refractivity contribution in [3.8, 4) is 11.3 Å². The summed E-state index contributed by atoms with van der Waals surface area (Å²) in [6, 6.07) is 9.21. The summed E-state index contributed by atoms with van der Waals surface area (Å²) >= 11 is 1.34. The number of urea groups is 1. The molecule has 1 aliphatic carbocycles. The molecular weight excluding hydrogens is 436 g/mol. The van der Waals surface area contributed by atoms with Crippen molar-refractivity contribution in [1.82, 2.24) is 15.2 Å². The Kier molecular flexibility index (Phi) is 6.14. The Morgan fingerprint density at radius 3 is 2.70 bits per heavy atom. The van der Waals surface area contributed by atoms with E-state index in [1.807, 2.05) is 35.7 Å². The monoisotopic (exact) mass is 466 g/mol. The van der Waals surface area contributed by atoms with Crippen molar-refractivity contribution in [3.05, 3.63) is 48.4 Å². The summed E-state index contributed by atoms with van der Waals surface area (Å²) in [6.45, 7) is 10.0. The SMILES string of the molecule is C=CCN(C(=O)CN1C(=O)NC2(CC(C)CC(C)(C)C2)C1=O)c1nc(-c2ccccc2)cs1. The number of hydrogen-bond acceptors (Lipinski definition) is 5. The minimum atomic E-state index is -0.927. The van der Waals surface area contributed by atoms with Gasteiger partial charge in [0.05, 0.1) is 5.69 Å². The fourth-order valence-corrected chi connectivity index (χ4v) is 6.28. The topological polar surface area (TPSA) is 82.6 Å². The zero-order chi connectivity index (χ0) is 23.8. The maximum absolute atomic E-state index is 13.4. The van der Waals surface area contributed by atoms with Gasteiger partial charge in [-0.3, -0.25) is 19.4 Å². The average Bonchev–Trinajstić information content (AvgIpc) is 3.31. The molecule has 2 unspecified atom stereocenters. The van der Waals surface area contributed by atoms with Crippen LogP contribution in [-0.4, -0.2) is 46.4 Å². The van der Waals surface area contributed by atoms with Crippen LogP contribution in [0.25, 0.3) is 11.3 Å². The van der Waals surface area contributed by atoms with Crippen molar-refractivity contribution >= 4 is 34.3 Å². The normalized spacial score (nSPS) is 24.1. The number of anilines is 1. The molecular formula is C25H30N4O3S. The first kappa shape index (κ1) is 23.2. The van der Waals surface area contributed by atoms with E-state index in [0.29, 0.717) is 23.9 Å². The Morgan fingerprint density at radius 2 is 2.03 bits per heavy atom. The van der Waals surface area contributed by atoms with Crippen molar-refractivity contribution in [2.75, 3.05) is 18.0 Å². The van der Waals surface area contributed by atoms with Gasteiger partial charge in [-0.2, -0.15) is 0 Å². The summed E-state index contributed by atoms with van der Waals surface area (Å²) in [5.41, 5.74) is 0.731. The predicted molar refractivity (Wildman–Crippen MR) is 130 cm³/mol. The van der Waals surface area contributed by atoms with Gasteiger partial charge in [0.2, 0.25) is 5.91 Å². The molecule has 1 aromatic heterocycles. The molecule has 2 aromatic rings. The van der Waals surface area contributed by atoms with Crippen LogP contribution in [0.1, 0.15) is 40.0 Å². The van der Waals surface area contributed by atoms with Gasteiger partial charge in [0.15, 0.2) is 5.13 Å². The summed E-state index contributed by atoms with van der Waals surface area (Å²) in [7, 11) is 0. The first-order valence-corrected chi connectivity index (χ1v) is 12.1. The first-order chi connectivity index (χ1) is 15.6. The van der Waals surface area contributed by atoms with Crippen LogP contribution < -0.4 is 10.2 Å². The number of carbonyl (C=O) groups is 3. The summed E-state index contributed by atoms with van der Waals surface area (Å²) in [4.78, 5) is 46.6. The van der Waals surface area contributed by atoms with Crippen LogP contribution in [0, 0.1) is 11.3 Å². The highest BCUT2D eigenvalue weighted by Gasteiger charge is 2.56. The summed E-state index contributed by atoms with van der Waals surface area (Å²) in [6.07, 6.45) is 3.77. The molecule has 2 heterocycles. The average molecular weight is 467 g/mol. The highest BCUT2D eigenvalue weighted by Crippen LogP contribution is 2.46. The van der Waals surface area contributed by atoms with Gasteiger partial charge in [-0.15, -0.1) is 17.9 Å². The third kappa shape index (κ3) is 4.57. The Labute approximate surface area is 198 Å². The van der Waals surface area contributed by atoms with Gasteiger partial charge in [0.25, 0.3) is 5.91 Å². The molecule has 2 fully saturated rings. The molecule has 2 atom stereocenters. The quantitative estimate of drug-likeness (QED) is 0.503. The highest BCUT2D eigenvalue weighted by molar-refractivity contribution is 7.14. The third-order valence-electron chi connectivity index (χ3n) is 6.32. The van der Waals surface area contributed by atoms with Crippen molar-refractivity contribution in [2.24, 2.45) is 11.3 Å². The van der Waals surface area contributed by atoms with Crippen LogP contribution in [0.15, 0.2) is 48.4 Å². The second-order valence-electron chi connectivity index (χ2n) is 9.93. The highest BCUT2D eigenvalue weighted by atomic mass is 32.1. The van der Waals surface area contributed by atoms with Gasteiger partial charge in [0, 0.05) is 17.5 Å². The van der Waals surface area contributed by atoms with Gasteiger partial charge in [-0.05, 0) is 30.6 Å². The minimum Gasteiger partial charge on any atom is -0.323 e. The van der Waals surface area contributed by atoms with Gasteiger partial charge < -0.3 is 5.32 Å². The number of aromatic nitrogens is 1. The number of benzene rings is 1. The first-order valence-electron chi connectivity index (χ1n) is 11.2.